The molecular formula is C12H17BClNO2. The summed E-state index contributed by atoms with van der Waals surface area (Å²) >= 11 is 6.03. The van der Waals surface area contributed by atoms with Gasteiger partial charge in [-0.2, -0.15) is 0 Å². The fraction of sp³-hybridized carbons (Fsp3) is 0.500. The van der Waals surface area contributed by atoms with Crippen molar-refractivity contribution in [2.24, 2.45) is 5.92 Å². The van der Waals surface area contributed by atoms with Crippen molar-refractivity contribution in [2.75, 3.05) is 18.0 Å². The van der Waals surface area contributed by atoms with Crippen LogP contribution in [0.4, 0.5) is 5.69 Å². The fourth-order valence-electron chi connectivity index (χ4n) is 2.19. The van der Waals surface area contributed by atoms with Crippen LogP contribution in [0, 0.1) is 5.92 Å². The van der Waals surface area contributed by atoms with Crippen LogP contribution in [0.5, 0.6) is 0 Å². The molecular weight excluding hydrogens is 236 g/mol. The number of benzene rings is 1. The molecule has 17 heavy (non-hydrogen) atoms. The Kier molecular flexibility index (Phi) is 3.97. The molecule has 1 aromatic rings. The molecule has 0 atom stereocenters. The van der Waals surface area contributed by atoms with E-state index in [-0.39, 0.29) is 0 Å². The van der Waals surface area contributed by atoms with Crippen molar-refractivity contribution < 1.29 is 10.0 Å². The maximum atomic E-state index is 9.10. The second-order valence-corrected chi connectivity index (χ2v) is 5.16. The van der Waals surface area contributed by atoms with Crippen LogP contribution in [0.2, 0.25) is 5.02 Å². The van der Waals surface area contributed by atoms with E-state index in [1.165, 1.54) is 12.8 Å². The van der Waals surface area contributed by atoms with E-state index in [4.69, 9.17) is 21.6 Å². The van der Waals surface area contributed by atoms with E-state index in [2.05, 4.69) is 11.8 Å². The van der Waals surface area contributed by atoms with Crippen molar-refractivity contribution in [3.8, 4) is 0 Å². The van der Waals surface area contributed by atoms with Gasteiger partial charge in [-0.3, -0.25) is 0 Å². The Morgan fingerprint density at radius 3 is 2.47 bits per heavy atom. The minimum Gasteiger partial charge on any atom is -0.423 e. The first-order valence-electron chi connectivity index (χ1n) is 5.98. The second-order valence-electron chi connectivity index (χ2n) is 4.75. The Morgan fingerprint density at radius 2 is 1.94 bits per heavy atom. The molecule has 3 nitrogen and oxygen atoms in total. The molecule has 0 saturated carbocycles. The smallest absolute Gasteiger partial charge is 0.423 e. The summed E-state index contributed by atoms with van der Waals surface area (Å²) in [6.07, 6.45) is 2.39. The van der Waals surface area contributed by atoms with Gasteiger partial charge in [-0.05, 0) is 30.9 Å². The van der Waals surface area contributed by atoms with Crippen LogP contribution in [0.25, 0.3) is 0 Å². The monoisotopic (exact) mass is 253 g/mol. The van der Waals surface area contributed by atoms with E-state index in [0.717, 1.165) is 24.7 Å². The van der Waals surface area contributed by atoms with Gasteiger partial charge >= 0.3 is 7.12 Å². The van der Waals surface area contributed by atoms with Crippen LogP contribution < -0.4 is 10.4 Å². The molecule has 1 heterocycles. The minimum atomic E-state index is -1.50. The molecule has 1 fully saturated rings. The number of hydrogen-bond donors (Lipinski definition) is 2. The average molecular weight is 254 g/mol. The lowest BCUT2D eigenvalue weighted by atomic mass is 9.80. The first-order valence-corrected chi connectivity index (χ1v) is 6.36. The van der Waals surface area contributed by atoms with Crippen LogP contribution in [0.1, 0.15) is 19.8 Å². The zero-order chi connectivity index (χ0) is 12.4. The van der Waals surface area contributed by atoms with Crippen LogP contribution in [0.3, 0.4) is 0 Å². The van der Waals surface area contributed by atoms with Crippen molar-refractivity contribution in [3.05, 3.63) is 23.2 Å². The van der Waals surface area contributed by atoms with Gasteiger partial charge < -0.3 is 14.9 Å². The molecule has 1 saturated heterocycles. The van der Waals surface area contributed by atoms with Gasteiger partial charge in [-0.25, -0.2) is 0 Å². The highest BCUT2D eigenvalue weighted by molar-refractivity contribution is 6.62. The Bertz CT molecular complexity index is 392. The van der Waals surface area contributed by atoms with Crippen molar-refractivity contribution in [1.29, 1.82) is 0 Å². The second kappa shape index (κ2) is 5.30. The number of rotatable bonds is 2. The third kappa shape index (κ3) is 2.95. The molecule has 0 spiro atoms. The maximum Gasteiger partial charge on any atom is 0.489 e. The van der Waals surface area contributed by atoms with Crippen molar-refractivity contribution >= 4 is 29.9 Å². The predicted octanol–water partition coefficient (Wildman–Crippen LogP) is 1.26. The number of anilines is 1. The quantitative estimate of drug-likeness (QED) is 0.780. The fourth-order valence-corrected chi connectivity index (χ4v) is 2.46. The van der Waals surface area contributed by atoms with Gasteiger partial charge in [0.25, 0.3) is 0 Å². The molecule has 92 valence electrons. The number of halogens is 1. The Hall–Kier alpha value is -0.705. The summed E-state index contributed by atoms with van der Waals surface area (Å²) in [4.78, 5) is 2.29. The van der Waals surface area contributed by atoms with Gasteiger partial charge in [0.2, 0.25) is 0 Å². The third-order valence-electron chi connectivity index (χ3n) is 3.41. The predicted molar refractivity (Wildman–Crippen MR) is 71.9 cm³/mol. The molecule has 0 amide bonds. The molecule has 0 unspecified atom stereocenters. The molecule has 1 aromatic carbocycles. The SMILES string of the molecule is CC1CCN(c2ccc(B(O)O)c(Cl)c2)CC1. The number of nitrogens with zero attached hydrogens (tertiary/aromatic N) is 1. The molecule has 1 aliphatic heterocycles. The highest BCUT2D eigenvalue weighted by Crippen LogP contribution is 2.24. The summed E-state index contributed by atoms with van der Waals surface area (Å²) in [5.74, 6) is 0.792. The normalized spacial score (nSPS) is 17.3. The van der Waals surface area contributed by atoms with Crippen LogP contribution in [-0.2, 0) is 0 Å². The Labute approximate surface area is 107 Å². The van der Waals surface area contributed by atoms with E-state index >= 15 is 0 Å². The highest BCUT2D eigenvalue weighted by atomic mass is 35.5. The molecule has 0 aliphatic carbocycles. The lowest BCUT2D eigenvalue weighted by Gasteiger charge is -2.32. The van der Waals surface area contributed by atoms with Gasteiger partial charge in [0.05, 0.1) is 0 Å². The summed E-state index contributed by atoms with van der Waals surface area (Å²) < 4.78 is 0. The summed E-state index contributed by atoms with van der Waals surface area (Å²) in [6, 6.07) is 5.39. The van der Waals surface area contributed by atoms with Gasteiger partial charge in [0, 0.05) is 29.3 Å². The summed E-state index contributed by atoms with van der Waals surface area (Å²) in [5.41, 5.74) is 1.42. The van der Waals surface area contributed by atoms with E-state index in [1.807, 2.05) is 12.1 Å². The van der Waals surface area contributed by atoms with Crippen molar-refractivity contribution in [2.45, 2.75) is 19.8 Å². The van der Waals surface area contributed by atoms with Gasteiger partial charge in [0.15, 0.2) is 0 Å². The standard InChI is InChI=1S/C12H17BClNO2/c1-9-4-6-15(7-5-9)10-2-3-11(13(16)17)12(14)8-10/h2-3,8-9,16-17H,4-7H2,1H3. The zero-order valence-electron chi connectivity index (χ0n) is 9.93. The summed E-state index contributed by atoms with van der Waals surface area (Å²) in [5, 5.41) is 18.6. The van der Waals surface area contributed by atoms with Crippen LogP contribution in [0.15, 0.2) is 18.2 Å². The van der Waals surface area contributed by atoms with E-state index < -0.39 is 7.12 Å². The third-order valence-corrected chi connectivity index (χ3v) is 3.74. The molecule has 0 bridgehead atoms. The average Bonchev–Trinajstić information content (AvgIpc) is 2.29. The molecule has 2 N–H and O–H groups in total. The van der Waals surface area contributed by atoms with Crippen molar-refractivity contribution in [1.82, 2.24) is 0 Å². The lowest BCUT2D eigenvalue weighted by Crippen LogP contribution is -2.34. The Morgan fingerprint density at radius 1 is 1.29 bits per heavy atom. The first kappa shape index (κ1) is 12.7. The lowest BCUT2D eigenvalue weighted by molar-refractivity contribution is 0.426. The number of hydrogen-bond acceptors (Lipinski definition) is 3. The zero-order valence-corrected chi connectivity index (χ0v) is 10.7. The van der Waals surface area contributed by atoms with Gasteiger partial charge in [0.1, 0.15) is 0 Å². The maximum absolute atomic E-state index is 9.10. The molecule has 0 radical (unpaired) electrons. The summed E-state index contributed by atoms with van der Waals surface area (Å²) in [6.45, 7) is 4.35. The van der Waals surface area contributed by atoms with Gasteiger partial charge in [-0.1, -0.05) is 24.6 Å². The van der Waals surface area contributed by atoms with E-state index in [9.17, 15) is 0 Å². The topological polar surface area (TPSA) is 43.7 Å². The highest BCUT2D eigenvalue weighted by Gasteiger charge is 2.19. The molecule has 0 aromatic heterocycles. The largest absolute Gasteiger partial charge is 0.489 e. The molecule has 5 heteroatoms. The van der Waals surface area contributed by atoms with Crippen LogP contribution >= 0.6 is 11.6 Å². The Balaban J connectivity index is 2.14. The molecule has 2 rings (SSSR count). The number of piperidine rings is 1. The summed E-state index contributed by atoms with van der Waals surface area (Å²) in [7, 11) is -1.50. The van der Waals surface area contributed by atoms with E-state index in [0.29, 0.717) is 10.5 Å². The first-order chi connectivity index (χ1) is 8.08. The molecule has 1 aliphatic rings. The minimum absolute atomic E-state index is 0.362. The van der Waals surface area contributed by atoms with E-state index in [1.54, 1.807) is 6.07 Å². The van der Waals surface area contributed by atoms with Crippen molar-refractivity contribution in [3.63, 3.8) is 0 Å². The van der Waals surface area contributed by atoms with Gasteiger partial charge in [-0.15, -0.1) is 0 Å². The van der Waals surface area contributed by atoms with Crippen LogP contribution in [-0.4, -0.2) is 30.3 Å².